The van der Waals surface area contributed by atoms with E-state index in [1.807, 2.05) is 0 Å². The van der Waals surface area contributed by atoms with E-state index in [4.69, 9.17) is 5.11 Å². The number of carbonyl (C=O) groups excluding carboxylic acids is 1. The highest BCUT2D eigenvalue weighted by Gasteiger charge is 2.22. The summed E-state index contributed by atoms with van der Waals surface area (Å²) >= 11 is 0. The van der Waals surface area contributed by atoms with Gasteiger partial charge in [-0.1, -0.05) is 13.8 Å². The van der Waals surface area contributed by atoms with Gasteiger partial charge in [0.15, 0.2) is 0 Å². The van der Waals surface area contributed by atoms with E-state index in [1.165, 1.54) is 6.20 Å². The average molecular weight is 254 g/mol. The molecule has 2 N–H and O–H groups in total. The third-order valence-corrected chi connectivity index (χ3v) is 2.57. The van der Waals surface area contributed by atoms with Gasteiger partial charge in [-0.2, -0.15) is 0 Å². The summed E-state index contributed by atoms with van der Waals surface area (Å²) in [4.78, 5) is 26.1. The summed E-state index contributed by atoms with van der Waals surface area (Å²) in [6.45, 7) is 3.52. The van der Waals surface area contributed by atoms with Crippen LogP contribution < -0.4 is 5.32 Å². The summed E-state index contributed by atoms with van der Waals surface area (Å²) in [5.74, 6) is -2.89. The minimum Gasteiger partial charge on any atom is -0.481 e. The molecule has 98 valence electrons. The van der Waals surface area contributed by atoms with Crippen LogP contribution in [0.1, 0.15) is 24.2 Å². The lowest BCUT2D eigenvalue weighted by Gasteiger charge is -2.16. The van der Waals surface area contributed by atoms with Crippen molar-refractivity contribution in [2.24, 2.45) is 11.8 Å². The maximum atomic E-state index is 12.8. The molecule has 5 nitrogen and oxygen atoms in total. The van der Waals surface area contributed by atoms with Gasteiger partial charge in [-0.15, -0.1) is 0 Å². The van der Waals surface area contributed by atoms with Gasteiger partial charge >= 0.3 is 5.97 Å². The van der Waals surface area contributed by atoms with Crippen LogP contribution in [0.25, 0.3) is 0 Å². The molecule has 0 aliphatic heterocycles. The molecule has 0 saturated heterocycles. The lowest BCUT2D eigenvalue weighted by Crippen LogP contribution is -2.35. The summed E-state index contributed by atoms with van der Waals surface area (Å²) in [6, 6.07) is 1.05. The minimum atomic E-state index is -0.970. The topological polar surface area (TPSA) is 79.3 Å². The Morgan fingerprint density at radius 2 is 2.11 bits per heavy atom. The van der Waals surface area contributed by atoms with Crippen molar-refractivity contribution in [2.75, 3.05) is 6.54 Å². The number of carboxylic acid groups (broad SMARTS) is 1. The van der Waals surface area contributed by atoms with Crippen molar-refractivity contribution in [1.29, 1.82) is 0 Å². The number of hydrogen-bond donors (Lipinski definition) is 2. The highest BCUT2D eigenvalue weighted by Crippen LogP contribution is 2.10. The molecule has 0 radical (unpaired) electrons. The average Bonchev–Trinajstić information content (AvgIpc) is 2.28. The molecule has 0 spiro atoms. The molecule has 1 heterocycles. The molecule has 1 aromatic rings. The molecule has 6 heteroatoms. The predicted octanol–water partition coefficient (Wildman–Crippen LogP) is 1.31. The SMILES string of the molecule is CC(C)C(CNC(=O)c1cncc(F)c1)C(=O)O. The van der Waals surface area contributed by atoms with E-state index in [1.54, 1.807) is 13.8 Å². The maximum absolute atomic E-state index is 12.8. The monoisotopic (exact) mass is 254 g/mol. The molecule has 1 amide bonds. The first-order valence-electron chi connectivity index (χ1n) is 5.53. The van der Waals surface area contributed by atoms with Crippen LogP contribution in [-0.2, 0) is 4.79 Å². The summed E-state index contributed by atoms with van der Waals surface area (Å²) in [7, 11) is 0. The normalized spacial score (nSPS) is 12.2. The minimum absolute atomic E-state index is 0.00233. The number of nitrogens with one attached hydrogen (secondary N) is 1. The zero-order chi connectivity index (χ0) is 13.7. The number of rotatable bonds is 5. The Labute approximate surface area is 104 Å². The van der Waals surface area contributed by atoms with Gasteiger partial charge in [0, 0.05) is 12.7 Å². The van der Waals surface area contributed by atoms with Gasteiger partial charge in [0.25, 0.3) is 5.91 Å². The number of aliphatic carboxylic acids is 1. The number of aromatic nitrogens is 1. The summed E-state index contributed by atoms with van der Waals surface area (Å²) in [5, 5.41) is 11.4. The zero-order valence-electron chi connectivity index (χ0n) is 10.2. The van der Waals surface area contributed by atoms with Crippen LogP contribution in [0, 0.1) is 17.7 Å². The van der Waals surface area contributed by atoms with Gasteiger partial charge < -0.3 is 10.4 Å². The standard InChI is InChI=1S/C12H15FN2O3/c1-7(2)10(12(17)18)6-15-11(16)8-3-9(13)5-14-4-8/h3-5,7,10H,6H2,1-2H3,(H,15,16)(H,17,18). The van der Waals surface area contributed by atoms with E-state index < -0.39 is 23.6 Å². The first kappa shape index (κ1) is 14.1. The van der Waals surface area contributed by atoms with E-state index in [9.17, 15) is 14.0 Å². The van der Waals surface area contributed by atoms with E-state index in [0.29, 0.717) is 0 Å². The third kappa shape index (κ3) is 3.80. The first-order valence-corrected chi connectivity index (χ1v) is 5.53. The molecule has 0 fully saturated rings. The number of hydrogen-bond acceptors (Lipinski definition) is 3. The molecule has 1 atom stereocenters. The molecule has 1 aromatic heterocycles. The second-order valence-corrected chi connectivity index (χ2v) is 4.29. The predicted molar refractivity (Wildman–Crippen MR) is 62.5 cm³/mol. The van der Waals surface area contributed by atoms with E-state index in [-0.39, 0.29) is 18.0 Å². The third-order valence-electron chi connectivity index (χ3n) is 2.57. The highest BCUT2D eigenvalue weighted by molar-refractivity contribution is 5.94. The quantitative estimate of drug-likeness (QED) is 0.830. The van der Waals surface area contributed by atoms with Gasteiger partial charge in [0.05, 0.1) is 17.7 Å². The second-order valence-electron chi connectivity index (χ2n) is 4.29. The van der Waals surface area contributed by atoms with Crippen molar-refractivity contribution < 1.29 is 19.1 Å². The van der Waals surface area contributed by atoms with Crippen molar-refractivity contribution in [3.63, 3.8) is 0 Å². The Kier molecular flexibility index (Phi) is 4.76. The van der Waals surface area contributed by atoms with Gasteiger partial charge in [-0.25, -0.2) is 4.39 Å². The number of nitrogens with zero attached hydrogens (tertiary/aromatic N) is 1. The van der Waals surface area contributed by atoms with Crippen LogP contribution in [0.5, 0.6) is 0 Å². The summed E-state index contributed by atoms with van der Waals surface area (Å²) in [6.07, 6.45) is 2.22. The second kappa shape index (κ2) is 6.09. The first-order chi connectivity index (χ1) is 8.41. The van der Waals surface area contributed by atoms with E-state index >= 15 is 0 Å². The number of halogens is 1. The Bertz CT molecular complexity index is 449. The fourth-order valence-corrected chi connectivity index (χ4v) is 1.45. The highest BCUT2D eigenvalue weighted by atomic mass is 19.1. The van der Waals surface area contributed by atoms with Crippen molar-refractivity contribution in [1.82, 2.24) is 10.3 Å². The lowest BCUT2D eigenvalue weighted by molar-refractivity contribution is -0.142. The zero-order valence-corrected chi connectivity index (χ0v) is 10.2. The molecule has 0 saturated carbocycles. The molecule has 0 aliphatic rings. The lowest BCUT2D eigenvalue weighted by atomic mass is 9.96. The summed E-state index contributed by atoms with van der Waals surface area (Å²) in [5.41, 5.74) is 0.0721. The number of carbonyl (C=O) groups is 2. The smallest absolute Gasteiger partial charge is 0.308 e. The van der Waals surface area contributed by atoms with Crippen LogP contribution in [0.3, 0.4) is 0 Å². The van der Waals surface area contributed by atoms with Gasteiger partial charge in [-0.3, -0.25) is 14.6 Å². The Morgan fingerprint density at radius 1 is 1.44 bits per heavy atom. The van der Waals surface area contributed by atoms with Crippen molar-refractivity contribution in [3.05, 3.63) is 29.8 Å². The fourth-order valence-electron chi connectivity index (χ4n) is 1.45. The largest absolute Gasteiger partial charge is 0.481 e. The van der Waals surface area contributed by atoms with E-state index in [2.05, 4.69) is 10.3 Å². The maximum Gasteiger partial charge on any atom is 0.308 e. The van der Waals surface area contributed by atoms with Crippen LogP contribution in [0.4, 0.5) is 4.39 Å². The van der Waals surface area contributed by atoms with Crippen molar-refractivity contribution in [2.45, 2.75) is 13.8 Å². The van der Waals surface area contributed by atoms with Gasteiger partial charge in [0.1, 0.15) is 5.82 Å². The van der Waals surface area contributed by atoms with Crippen molar-refractivity contribution in [3.8, 4) is 0 Å². The molecule has 0 aliphatic carbocycles. The van der Waals surface area contributed by atoms with Crippen LogP contribution in [0.15, 0.2) is 18.5 Å². The molecule has 0 bridgehead atoms. The Hall–Kier alpha value is -1.98. The van der Waals surface area contributed by atoms with E-state index in [0.717, 1.165) is 12.3 Å². The van der Waals surface area contributed by atoms with Crippen LogP contribution in [-0.4, -0.2) is 28.5 Å². The summed E-state index contributed by atoms with van der Waals surface area (Å²) < 4.78 is 12.8. The van der Waals surface area contributed by atoms with Crippen molar-refractivity contribution >= 4 is 11.9 Å². The molecular formula is C12H15FN2O3. The van der Waals surface area contributed by atoms with Crippen LogP contribution in [0.2, 0.25) is 0 Å². The van der Waals surface area contributed by atoms with Gasteiger partial charge in [0.2, 0.25) is 0 Å². The number of carboxylic acids is 1. The Morgan fingerprint density at radius 3 is 2.61 bits per heavy atom. The molecule has 0 aromatic carbocycles. The number of amides is 1. The molecule has 18 heavy (non-hydrogen) atoms. The molecule has 1 rings (SSSR count). The molecular weight excluding hydrogens is 239 g/mol. The van der Waals surface area contributed by atoms with Crippen LogP contribution >= 0.6 is 0 Å². The fraction of sp³-hybridized carbons (Fsp3) is 0.417. The number of pyridine rings is 1. The van der Waals surface area contributed by atoms with Gasteiger partial charge in [-0.05, 0) is 12.0 Å². The Balaban J connectivity index is 2.63. The molecule has 1 unspecified atom stereocenters.